The van der Waals surface area contributed by atoms with Gasteiger partial charge in [-0.15, -0.1) is 0 Å². The summed E-state index contributed by atoms with van der Waals surface area (Å²) in [6, 6.07) is 0.409. The van der Waals surface area contributed by atoms with Crippen molar-refractivity contribution in [3.05, 3.63) is 63.5 Å². The fourth-order valence-corrected chi connectivity index (χ4v) is 5.55. The van der Waals surface area contributed by atoms with Gasteiger partial charge in [0.1, 0.15) is 11.4 Å². The zero-order chi connectivity index (χ0) is 27.2. The van der Waals surface area contributed by atoms with E-state index in [2.05, 4.69) is 4.74 Å². The lowest BCUT2D eigenvalue weighted by Gasteiger charge is -2.28. The molecule has 37 heavy (non-hydrogen) atoms. The van der Waals surface area contributed by atoms with Gasteiger partial charge in [-0.25, -0.2) is 22.0 Å². The average molecular weight is 538 g/mol. The Hall–Kier alpha value is -2.39. The first kappa shape index (κ1) is 27.6. The van der Waals surface area contributed by atoms with E-state index >= 15 is 0 Å². The summed E-state index contributed by atoms with van der Waals surface area (Å²) in [7, 11) is 0. The average Bonchev–Trinajstić information content (AvgIpc) is 2.84. The van der Waals surface area contributed by atoms with Crippen molar-refractivity contribution in [3.8, 4) is 5.75 Å². The molecule has 0 spiro atoms. The second-order valence-corrected chi connectivity index (χ2v) is 10.5. The third-order valence-electron chi connectivity index (χ3n) is 7.84. The SMILES string of the molecule is CC1CCC(c2cc(F)c(C(F)(F)Oc3c(F)c(F)c(C4CCC(C)CC4)c(F)c3F)c(F)c2F)CC1. The molecule has 2 aromatic carbocycles. The maximum atomic E-state index is 14.8. The molecule has 2 aromatic rings. The minimum atomic E-state index is -5.20. The van der Waals surface area contributed by atoms with Gasteiger partial charge in [0.15, 0.2) is 23.3 Å². The van der Waals surface area contributed by atoms with Gasteiger partial charge in [-0.05, 0) is 61.0 Å². The molecule has 0 bridgehead atoms. The Balaban J connectivity index is 1.69. The van der Waals surface area contributed by atoms with E-state index in [1.807, 2.05) is 13.8 Å². The van der Waals surface area contributed by atoms with Crippen molar-refractivity contribution in [2.24, 2.45) is 11.8 Å². The molecule has 2 saturated carbocycles. The molecule has 0 aliphatic heterocycles. The molecule has 2 fully saturated rings. The van der Waals surface area contributed by atoms with Crippen LogP contribution in [0.5, 0.6) is 5.75 Å². The maximum Gasteiger partial charge on any atom is 0.432 e. The molecule has 0 amide bonds. The molecule has 0 N–H and O–H groups in total. The highest BCUT2D eigenvalue weighted by atomic mass is 19.3. The minimum Gasteiger partial charge on any atom is -0.422 e. The van der Waals surface area contributed by atoms with E-state index in [1.165, 1.54) is 0 Å². The summed E-state index contributed by atoms with van der Waals surface area (Å²) in [5, 5.41) is 0. The Labute approximate surface area is 209 Å². The smallest absolute Gasteiger partial charge is 0.422 e. The van der Waals surface area contributed by atoms with E-state index in [-0.39, 0.29) is 18.8 Å². The molecule has 0 heterocycles. The molecular weight excluding hydrogens is 511 g/mol. The van der Waals surface area contributed by atoms with Crippen molar-refractivity contribution in [1.82, 2.24) is 0 Å². The van der Waals surface area contributed by atoms with Crippen molar-refractivity contribution < 1.29 is 44.3 Å². The minimum absolute atomic E-state index is 0.228. The van der Waals surface area contributed by atoms with Gasteiger partial charge in [0, 0.05) is 5.56 Å². The molecule has 0 aromatic heterocycles. The van der Waals surface area contributed by atoms with Gasteiger partial charge in [-0.1, -0.05) is 39.5 Å². The van der Waals surface area contributed by atoms with E-state index in [9.17, 15) is 39.5 Å². The van der Waals surface area contributed by atoms with Crippen LogP contribution in [0.3, 0.4) is 0 Å². The van der Waals surface area contributed by atoms with Crippen LogP contribution >= 0.6 is 0 Å². The number of ether oxygens (including phenoxy) is 1. The van der Waals surface area contributed by atoms with Gasteiger partial charge >= 0.3 is 6.11 Å². The topological polar surface area (TPSA) is 9.23 Å². The molecule has 0 radical (unpaired) electrons. The summed E-state index contributed by atoms with van der Waals surface area (Å²) in [6.45, 7) is 3.87. The number of hydrogen-bond donors (Lipinski definition) is 0. The Bertz CT molecular complexity index is 1130. The number of rotatable bonds is 5. The van der Waals surface area contributed by atoms with Crippen LogP contribution < -0.4 is 4.74 Å². The fourth-order valence-electron chi connectivity index (χ4n) is 5.55. The van der Waals surface area contributed by atoms with Crippen LogP contribution in [0.1, 0.15) is 93.7 Å². The molecule has 204 valence electrons. The maximum absolute atomic E-state index is 14.8. The lowest BCUT2D eigenvalue weighted by molar-refractivity contribution is -0.193. The molecule has 0 unspecified atom stereocenters. The third-order valence-corrected chi connectivity index (χ3v) is 7.84. The Kier molecular flexibility index (Phi) is 7.77. The van der Waals surface area contributed by atoms with Gasteiger partial charge in [0.2, 0.25) is 17.4 Å². The second-order valence-electron chi connectivity index (χ2n) is 10.5. The number of alkyl halides is 2. The van der Waals surface area contributed by atoms with Crippen LogP contribution in [-0.4, -0.2) is 0 Å². The highest BCUT2D eigenvalue weighted by molar-refractivity contribution is 5.38. The van der Waals surface area contributed by atoms with Crippen LogP contribution in [-0.2, 0) is 6.11 Å². The van der Waals surface area contributed by atoms with E-state index in [0.717, 1.165) is 0 Å². The predicted molar refractivity (Wildman–Crippen MR) is 118 cm³/mol. The highest BCUT2D eigenvalue weighted by Crippen LogP contribution is 2.45. The Morgan fingerprint density at radius 2 is 1.08 bits per heavy atom. The molecule has 0 saturated heterocycles. The monoisotopic (exact) mass is 538 g/mol. The van der Waals surface area contributed by atoms with Gasteiger partial charge < -0.3 is 4.74 Å². The molecule has 0 atom stereocenters. The van der Waals surface area contributed by atoms with E-state index in [1.54, 1.807) is 0 Å². The highest BCUT2D eigenvalue weighted by Gasteiger charge is 2.46. The molecule has 10 heteroatoms. The quantitative estimate of drug-likeness (QED) is 0.272. The standard InChI is InChI=1S/C27H27F9O/c1-12-3-7-14(8-4-12)16-11-17(28)19(23(32)20(16)29)27(35,36)37-26-24(33)21(30)18(22(31)25(26)34)15-9-5-13(2)6-10-15/h11-15H,3-10H2,1-2H3. The van der Waals surface area contributed by atoms with Crippen LogP contribution in [0.4, 0.5) is 39.5 Å². The van der Waals surface area contributed by atoms with Crippen molar-refractivity contribution >= 4 is 0 Å². The van der Waals surface area contributed by atoms with Crippen molar-refractivity contribution in [2.45, 2.75) is 83.2 Å². The van der Waals surface area contributed by atoms with E-state index in [0.29, 0.717) is 50.5 Å². The lowest BCUT2D eigenvalue weighted by Crippen LogP contribution is -2.28. The molecule has 2 aliphatic rings. The largest absolute Gasteiger partial charge is 0.432 e. The summed E-state index contributed by atoms with van der Waals surface area (Å²) in [6.07, 6.45) is -1.56. The first-order valence-corrected chi connectivity index (χ1v) is 12.4. The summed E-state index contributed by atoms with van der Waals surface area (Å²) < 4.78 is 137. The first-order valence-electron chi connectivity index (χ1n) is 12.4. The summed E-state index contributed by atoms with van der Waals surface area (Å²) in [5.74, 6) is -17.4. The van der Waals surface area contributed by atoms with Crippen LogP contribution in [0.15, 0.2) is 6.07 Å². The molecular formula is C27H27F9O. The van der Waals surface area contributed by atoms with E-state index in [4.69, 9.17) is 0 Å². The van der Waals surface area contributed by atoms with Gasteiger partial charge in [-0.2, -0.15) is 17.6 Å². The van der Waals surface area contributed by atoms with Gasteiger partial charge in [0.05, 0.1) is 0 Å². The van der Waals surface area contributed by atoms with Crippen LogP contribution in [0, 0.1) is 52.6 Å². The van der Waals surface area contributed by atoms with Crippen LogP contribution in [0.2, 0.25) is 0 Å². The zero-order valence-corrected chi connectivity index (χ0v) is 20.4. The molecule has 1 nitrogen and oxygen atoms in total. The lowest BCUT2D eigenvalue weighted by atomic mass is 9.79. The Morgan fingerprint density at radius 1 is 0.622 bits per heavy atom. The third kappa shape index (κ3) is 5.17. The first-order chi connectivity index (χ1) is 17.3. The number of benzene rings is 2. The normalized spacial score (nSPS) is 24.8. The predicted octanol–water partition coefficient (Wildman–Crippen LogP) is 9.38. The number of halogens is 9. The summed E-state index contributed by atoms with van der Waals surface area (Å²) >= 11 is 0. The number of hydrogen-bond acceptors (Lipinski definition) is 1. The van der Waals surface area contributed by atoms with Gasteiger partial charge in [0.25, 0.3) is 0 Å². The summed E-state index contributed by atoms with van der Waals surface area (Å²) in [5.41, 5.74) is -3.60. The van der Waals surface area contributed by atoms with Crippen molar-refractivity contribution in [1.29, 1.82) is 0 Å². The summed E-state index contributed by atoms with van der Waals surface area (Å²) in [4.78, 5) is 0. The van der Waals surface area contributed by atoms with E-state index < -0.39 is 81.1 Å². The molecule has 4 rings (SSSR count). The van der Waals surface area contributed by atoms with Crippen molar-refractivity contribution in [3.63, 3.8) is 0 Å². The van der Waals surface area contributed by atoms with Crippen molar-refractivity contribution in [2.75, 3.05) is 0 Å². The second kappa shape index (κ2) is 10.4. The van der Waals surface area contributed by atoms with Gasteiger partial charge in [-0.3, -0.25) is 0 Å². The molecule has 2 aliphatic carbocycles. The zero-order valence-electron chi connectivity index (χ0n) is 20.4. The fraction of sp³-hybridized carbons (Fsp3) is 0.556. The van der Waals surface area contributed by atoms with Crippen LogP contribution in [0.25, 0.3) is 0 Å². The Morgan fingerprint density at radius 3 is 1.57 bits per heavy atom.